The van der Waals surface area contributed by atoms with Crippen LogP contribution >= 0.6 is 0 Å². The van der Waals surface area contributed by atoms with Gasteiger partial charge in [-0.2, -0.15) is 0 Å². The molecule has 0 unspecified atom stereocenters. The van der Waals surface area contributed by atoms with Crippen LogP contribution in [-0.2, 0) is 0 Å². The van der Waals surface area contributed by atoms with Crippen LogP contribution in [0.1, 0.15) is 10.4 Å². The molecule has 1 amide bonds. The molecule has 0 fully saturated rings. The first-order valence-electron chi connectivity index (χ1n) is 7.46. The van der Waals surface area contributed by atoms with E-state index in [1.165, 1.54) is 0 Å². The lowest BCUT2D eigenvalue weighted by Crippen LogP contribution is -2.35. The first-order valence-corrected chi connectivity index (χ1v) is 7.46. The van der Waals surface area contributed by atoms with Crippen LogP contribution in [0.2, 0.25) is 0 Å². The van der Waals surface area contributed by atoms with E-state index in [0.717, 1.165) is 11.1 Å². The van der Waals surface area contributed by atoms with Gasteiger partial charge < -0.3 is 5.73 Å². The van der Waals surface area contributed by atoms with E-state index in [1.54, 1.807) is 36.9 Å². The van der Waals surface area contributed by atoms with Crippen LogP contribution in [-0.4, -0.2) is 31.4 Å². The zero-order valence-electron chi connectivity index (χ0n) is 13.0. The van der Waals surface area contributed by atoms with Gasteiger partial charge in [0.1, 0.15) is 5.65 Å². The standard InChI is InChI=1S/C17H13N7O/c18-17(19)23-16(25)12-9-24(15-10(12)3-1-7-22-15)13-5-8-21-14-11(13)4-2-6-20-14/h1-9H,(H4,18,19,23,25). The minimum atomic E-state index is -0.458. The van der Waals surface area contributed by atoms with Crippen LogP contribution < -0.4 is 11.1 Å². The predicted octanol–water partition coefficient (Wildman–Crippen LogP) is 1.59. The summed E-state index contributed by atoms with van der Waals surface area (Å²) in [6.07, 6.45) is 6.68. The summed E-state index contributed by atoms with van der Waals surface area (Å²) in [7, 11) is 0. The van der Waals surface area contributed by atoms with Crippen LogP contribution in [0.4, 0.5) is 0 Å². The van der Waals surface area contributed by atoms with E-state index in [1.807, 2.05) is 22.8 Å². The van der Waals surface area contributed by atoms with Crippen LogP contribution in [0, 0.1) is 5.41 Å². The summed E-state index contributed by atoms with van der Waals surface area (Å²) in [4.78, 5) is 25.3. The molecule has 25 heavy (non-hydrogen) atoms. The molecule has 4 rings (SSSR count). The lowest BCUT2D eigenvalue weighted by Gasteiger charge is -2.07. The molecule has 4 heterocycles. The van der Waals surface area contributed by atoms with Gasteiger partial charge in [0.05, 0.1) is 11.3 Å². The molecule has 0 saturated heterocycles. The van der Waals surface area contributed by atoms with Crippen molar-refractivity contribution in [3.8, 4) is 5.69 Å². The molecule has 4 N–H and O–H groups in total. The molecule has 122 valence electrons. The Kier molecular flexibility index (Phi) is 3.35. The SMILES string of the molecule is N=C(N)NC(=O)c1cn(-c2ccnc3ncccc23)c2ncccc12. The van der Waals surface area contributed by atoms with Gasteiger partial charge in [-0.15, -0.1) is 0 Å². The van der Waals surface area contributed by atoms with Gasteiger partial charge in [-0.1, -0.05) is 0 Å². The number of guanidine groups is 1. The largest absolute Gasteiger partial charge is 0.370 e. The van der Waals surface area contributed by atoms with E-state index in [4.69, 9.17) is 11.1 Å². The van der Waals surface area contributed by atoms with Crippen molar-refractivity contribution in [2.75, 3.05) is 0 Å². The van der Waals surface area contributed by atoms with Crippen LogP contribution in [0.3, 0.4) is 0 Å². The zero-order chi connectivity index (χ0) is 17.4. The first-order chi connectivity index (χ1) is 12.1. The average molecular weight is 331 g/mol. The molecule has 0 aliphatic carbocycles. The molecular formula is C17H13N7O. The Morgan fingerprint density at radius 3 is 2.56 bits per heavy atom. The fourth-order valence-corrected chi connectivity index (χ4v) is 2.79. The maximum Gasteiger partial charge on any atom is 0.260 e. The maximum atomic E-state index is 12.4. The Hall–Kier alpha value is -3.81. The molecule has 0 spiro atoms. The number of hydrogen-bond donors (Lipinski definition) is 3. The number of nitrogens with one attached hydrogen (secondary N) is 2. The molecular weight excluding hydrogens is 318 g/mol. The fraction of sp³-hybridized carbons (Fsp3) is 0. The molecule has 8 nitrogen and oxygen atoms in total. The minimum absolute atomic E-state index is 0.382. The Labute approximate surface area is 141 Å². The number of nitrogens with zero attached hydrogens (tertiary/aromatic N) is 4. The zero-order valence-corrected chi connectivity index (χ0v) is 13.0. The van der Waals surface area contributed by atoms with Gasteiger partial charge in [0.15, 0.2) is 11.6 Å². The highest BCUT2D eigenvalue weighted by atomic mass is 16.1. The summed E-state index contributed by atoms with van der Waals surface area (Å²) in [5.74, 6) is -0.867. The third-order valence-electron chi connectivity index (χ3n) is 3.81. The average Bonchev–Trinajstić information content (AvgIpc) is 3.00. The van der Waals surface area contributed by atoms with Crippen molar-refractivity contribution in [3.63, 3.8) is 0 Å². The number of carbonyl (C=O) groups excluding carboxylic acids is 1. The normalized spacial score (nSPS) is 10.9. The van der Waals surface area contributed by atoms with E-state index < -0.39 is 11.9 Å². The van der Waals surface area contributed by atoms with Crippen LogP contribution in [0.15, 0.2) is 55.1 Å². The second-order valence-electron chi connectivity index (χ2n) is 5.36. The second kappa shape index (κ2) is 5.68. The van der Waals surface area contributed by atoms with Crippen molar-refractivity contribution in [1.82, 2.24) is 24.8 Å². The topological polar surface area (TPSA) is 123 Å². The van der Waals surface area contributed by atoms with Gasteiger partial charge in [0, 0.05) is 35.6 Å². The van der Waals surface area contributed by atoms with Crippen LogP contribution in [0.5, 0.6) is 0 Å². The molecule has 4 aromatic heterocycles. The summed E-state index contributed by atoms with van der Waals surface area (Å²) in [5.41, 5.74) is 7.69. The number of amides is 1. The van der Waals surface area contributed by atoms with Gasteiger partial charge in [0.25, 0.3) is 5.91 Å². The lowest BCUT2D eigenvalue weighted by molar-refractivity contribution is 0.0978. The summed E-state index contributed by atoms with van der Waals surface area (Å²) < 4.78 is 1.82. The van der Waals surface area contributed by atoms with Crippen molar-refractivity contribution in [3.05, 3.63) is 60.7 Å². The molecule has 0 aliphatic heterocycles. The first kappa shape index (κ1) is 14.8. The molecule has 0 saturated carbocycles. The number of aromatic nitrogens is 4. The van der Waals surface area contributed by atoms with Crippen LogP contribution in [0.25, 0.3) is 27.8 Å². The maximum absolute atomic E-state index is 12.4. The third kappa shape index (κ3) is 2.45. The van der Waals surface area contributed by atoms with Gasteiger partial charge in [-0.25, -0.2) is 15.0 Å². The van der Waals surface area contributed by atoms with E-state index in [0.29, 0.717) is 22.2 Å². The van der Waals surface area contributed by atoms with Crippen molar-refractivity contribution in [2.24, 2.45) is 5.73 Å². The summed E-state index contributed by atoms with van der Waals surface area (Å²) in [6.45, 7) is 0. The highest BCUT2D eigenvalue weighted by Crippen LogP contribution is 2.26. The predicted molar refractivity (Wildman–Crippen MR) is 93.5 cm³/mol. The van der Waals surface area contributed by atoms with Crippen molar-refractivity contribution in [1.29, 1.82) is 5.41 Å². The highest BCUT2D eigenvalue weighted by Gasteiger charge is 2.18. The number of hydrogen-bond acceptors (Lipinski definition) is 5. The second-order valence-corrected chi connectivity index (χ2v) is 5.36. The quantitative estimate of drug-likeness (QED) is 0.380. The summed E-state index contributed by atoms with van der Waals surface area (Å²) in [5, 5.41) is 11.1. The number of pyridine rings is 3. The fourth-order valence-electron chi connectivity index (χ4n) is 2.79. The molecule has 0 aliphatic rings. The van der Waals surface area contributed by atoms with E-state index in [9.17, 15) is 4.79 Å². The third-order valence-corrected chi connectivity index (χ3v) is 3.81. The van der Waals surface area contributed by atoms with Crippen molar-refractivity contribution in [2.45, 2.75) is 0 Å². The van der Waals surface area contributed by atoms with Gasteiger partial charge >= 0.3 is 0 Å². The van der Waals surface area contributed by atoms with Crippen molar-refractivity contribution < 1.29 is 4.79 Å². The number of rotatable bonds is 2. The Balaban J connectivity index is 1.99. The molecule has 4 aromatic rings. The number of nitrogens with two attached hydrogens (primary N) is 1. The monoisotopic (exact) mass is 331 g/mol. The van der Waals surface area contributed by atoms with E-state index in [-0.39, 0.29) is 0 Å². The molecule has 0 bridgehead atoms. The summed E-state index contributed by atoms with van der Waals surface area (Å²) >= 11 is 0. The van der Waals surface area contributed by atoms with Crippen molar-refractivity contribution >= 4 is 33.9 Å². The number of fused-ring (bicyclic) bond motifs is 2. The molecule has 8 heteroatoms. The molecule has 0 aromatic carbocycles. The Morgan fingerprint density at radius 2 is 1.76 bits per heavy atom. The highest BCUT2D eigenvalue weighted by molar-refractivity contribution is 6.12. The smallest absolute Gasteiger partial charge is 0.260 e. The van der Waals surface area contributed by atoms with Gasteiger partial charge in [0.2, 0.25) is 0 Å². The Bertz CT molecular complexity index is 1130. The van der Waals surface area contributed by atoms with Gasteiger partial charge in [-0.3, -0.25) is 20.1 Å². The van der Waals surface area contributed by atoms with E-state index in [2.05, 4.69) is 20.3 Å². The van der Waals surface area contributed by atoms with E-state index >= 15 is 0 Å². The molecule has 0 atom stereocenters. The summed E-state index contributed by atoms with van der Waals surface area (Å²) in [6, 6.07) is 9.13. The Morgan fingerprint density at radius 1 is 1.04 bits per heavy atom. The minimum Gasteiger partial charge on any atom is -0.370 e. The van der Waals surface area contributed by atoms with Gasteiger partial charge in [-0.05, 0) is 30.3 Å². The molecule has 0 radical (unpaired) electrons. The lowest BCUT2D eigenvalue weighted by atomic mass is 10.2. The number of carbonyl (C=O) groups is 1.